The fraction of sp³-hybridized carbons (Fsp3) is 0.360. The Balaban J connectivity index is 1.30. The number of hydrogen-bond acceptors (Lipinski definition) is 3. The Morgan fingerprint density at radius 1 is 0.968 bits per heavy atom. The van der Waals surface area contributed by atoms with Crippen molar-refractivity contribution < 1.29 is 9.59 Å². The number of carbonyl (C=O) groups excluding carboxylic acids is 2. The first-order valence-corrected chi connectivity index (χ1v) is 10.9. The molecule has 3 aromatic rings. The van der Waals surface area contributed by atoms with Crippen molar-refractivity contribution in [2.75, 3.05) is 32.7 Å². The lowest BCUT2D eigenvalue weighted by Crippen LogP contribution is -2.51. The number of H-pyrrole nitrogens is 1. The van der Waals surface area contributed by atoms with Crippen LogP contribution in [0.3, 0.4) is 0 Å². The van der Waals surface area contributed by atoms with Crippen LogP contribution in [0.15, 0.2) is 60.7 Å². The molecule has 2 heterocycles. The highest BCUT2D eigenvalue weighted by atomic mass is 16.2. The molecule has 1 saturated heterocycles. The van der Waals surface area contributed by atoms with Crippen LogP contribution in [0.25, 0.3) is 10.9 Å². The first-order chi connectivity index (χ1) is 15.0. The normalized spacial score (nSPS) is 15.9. The lowest BCUT2D eigenvalue weighted by molar-refractivity contribution is -0.123. The van der Waals surface area contributed by atoms with Crippen molar-refractivity contribution in [3.63, 3.8) is 0 Å². The molecule has 0 radical (unpaired) electrons. The maximum absolute atomic E-state index is 12.9. The molecule has 1 aliphatic rings. The molecule has 0 aliphatic carbocycles. The molecule has 1 fully saturated rings. The standard InChI is InChI=1S/C25H30N4O2/c1-18(2)24(19-8-4-3-5-9-19)27-23(30)17-28-12-14-29(15-13-28)25(31)22-16-20-10-6-7-11-21(20)26-22/h3-11,16,18,24,26H,12-15,17H2,1-2H3,(H,27,30). The van der Waals surface area contributed by atoms with Gasteiger partial charge in [-0.1, -0.05) is 62.4 Å². The van der Waals surface area contributed by atoms with E-state index in [-0.39, 0.29) is 17.9 Å². The molecule has 1 aliphatic heterocycles. The predicted molar refractivity (Wildman–Crippen MR) is 123 cm³/mol. The topological polar surface area (TPSA) is 68.4 Å². The van der Waals surface area contributed by atoms with Gasteiger partial charge in [0.1, 0.15) is 5.69 Å². The van der Waals surface area contributed by atoms with E-state index < -0.39 is 0 Å². The number of aromatic nitrogens is 1. The lowest BCUT2D eigenvalue weighted by Gasteiger charge is -2.34. The maximum Gasteiger partial charge on any atom is 0.270 e. The summed E-state index contributed by atoms with van der Waals surface area (Å²) >= 11 is 0. The molecule has 4 rings (SSSR count). The molecule has 2 amide bonds. The number of rotatable bonds is 6. The molecule has 0 bridgehead atoms. The minimum atomic E-state index is -0.00132. The van der Waals surface area contributed by atoms with Crippen molar-refractivity contribution in [2.24, 2.45) is 5.92 Å². The number of carbonyl (C=O) groups is 2. The van der Waals surface area contributed by atoms with Crippen LogP contribution < -0.4 is 5.32 Å². The van der Waals surface area contributed by atoms with Gasteiger partial charge < -0.3 is 15.2 Å². The summed E-state index contributed by atoms with van der Waals surface area (Å²) in [5.74, 6) is 0.347. The highest BCUT2D eigenvalue weighted by molar-refractivity contribution is 5.98. The van der Waals surface area contributed by atoms with E-state index in [2.05, 4.69) is 41.2 Å². The number of nitrogens with one attached hydrogen (secondary N) is 2. The van der Waals surface area contributed by atoms with Crippen molar-refractivity contribution in [2.45, 2.75) is 19.9 Å². The Bertz CT molecular complexity index is 1000. The number of amides is 2. The second-order valence-corrected chi connectivity index (χ2v) is 8.54. The quantitative estimate of drug-likeness (QED) is 0.644. The average molecular weight is 419 g/mol. The van der Waals surface area contributed by atoms with E-state index in [0.717, 1.165) is 16.5 Å². The summed E-state index contributed by atoms with van der Waals surface area (Å²) in [5, 5.41) is 4.23. The number of hydrogen-bond donors (Lipinski definition) is 2. The number of aromatic amines is 1. The van der Waals surface area contributed by atoms with Gasteiger partial charge in [0.2, 0.25) is 5.91 Å². The van der Waals surface area contributed by atoms with E-state index in [1.54, 1.807) is 0 Å². The van der Waals surface area contributed by atoms with E-state index in [1.807, 2.05) is 53.4 Å². The minimum Gasteiger partial charge on any atom is -0.351 e. The van der Waals surface area contributed by atoms with Gasteiger partial charge in [-0.3, -0.25) is 14.5 Å². The number of fused-ring (bicyclic) bond motifs is 1. The van der Waals surface area contributed by atoms with Crippen LogP contribution in [0.4, 0.5) is 0 Å². The number of benzene rings is 2. The van der Waals surface area contributed by atoms with Gasteiger partial charge in [-0.25, -0.2) is 0 Å². The zero-order chi connectivity index (χ0) is 21.8. The van der Waals surface area contributed by atoms with Crippen LogP contribution in [0.5, 0.6) is 0 Å². The molecule has 0 spiro atoms. The number of piperazine rings is 1. The summed E-state index contributed by atoms with van der Waals surface area (Å²) in [4.78, 5) is 32.8. The van der Waals surface area contributed by atoms with Gasteiger partial charge >= 0.3 is 0 Å². The van der Waals surface area contributed by atoms with Gasteiger partial charge in [0.05, 0.1) is 12.6 Å². The monoisotopic (exact) mass is 418 g/mol. The van der Waals surface area contributed by atoms with Crippen LogP contribution in [0.2, 0.25) is 0 Å². The maximum atomic E-state index is 12.9. The largest absolute Gasteiger partial charge is 0.351 e. The Morgan fingerprint density at radius 2 is 1.65 bits per heavy atom. The Hall–Kier alpha value is -3.12. The van der Waals surface area contributed by atoms with Gasteiger partial charge in [0.15, 0.2) is 0 Å². The van der Waals surface area contributed by atoms with Crippen LogP contribution in [-0.2, 0) is 4.79 Å². The van der Waals surface area contributed by atoms with Gasteiger partial charge in [0.25, 0.3) is 5.91 Å². The molecule has 1 aromatic heterocycles. The van der Waals surface area contributed by atoms with Crippen LogP contribution in [-0.4, -0.2) is 59.3 Å². The molecule has 162 valence electrons. The average Bonchev–Trinajstić information content (AvgIpc) is 3.22. The third-order valence-corrected chi connectivity index (χ3v) is 5.93. The molecule has 1 unspecified atom stereocenters. The molecule has 6 nitrogen and oxygen atoms in total. The Labute approximate surface area is 183 Å². The zero-order valence-corrected chi connectivity index (χ0v) is 18.2. The molecule has 1 atom stereocenters. The molecule has 6 heteroatoms. The third-order valence-electron chi connectivity index (χ3n) is 5.93. The van der Waals surface area contributed by atoms with Gasteiger partial charge in [-0.2, -0.15) is 0 Å². The highest BCUT2D eigenvalue weighted by Gasteiger charge is 2.25. The van der Waals surface area contributed by atoms with Crippen LogP contribution in [0, 0.1) is 5.92 Å². The number of nitrogens with zero attached hydrogens (tertiary/aromatic N) is 2. The second kappa shape index (κ2) is 9.35. The predicted octanol–water partition coefficient (Wildman–Crippen LogP) is 3.44. The fourth-order valence-corrected chi connectivity index (χ4v) is 4.19. The van der Waals surface area contributed by atoms with Crippen molar-refractivity contribution in [3.05, 3.63) is 71.9 Å². The molecular weight excluding hydrogens is 388 g/mol. The van der Waals surface area contributed by atoms with E-state index >= 15 is 0 Å². The second-order valence-electron chi connectivity index (χ2n) is 8.54. The Morgan fingerprint density at radius 3 is 2.32 bits per heavy atom. The van der Waals surface area contributed by atoms with Crippen LogP contribution in [0.1, 0.15) is 35.9 Å². The summed E-state index contributed by atoms with van der Waals surface area (Å²) in [5.41, 5.74) is 2.72. The zero-order valence-electron chi connectivity index (χ0n) is 18.2. The SMILES string of the molecule is CC(C)C(NC(=O)CN1CCN(C(=O)c2cc3ccccc3[nH]2)CC1)c1ccccc1. The van der Waals surface area contributed by atoms with Gasteiger partial charge in [-0.15, -0.1) is 0 Å². The summed E-state index contributed by atoms with van der Waals surface area (Å²) < 4.78 is 0. The smallest absolute Gasteiger partial charge is 0.270 e. The van der Waals surface area contributed by atoms with E-state index in [1.165, 1.54) is 0 Å². The Kier molecular flexibility index (Phi) is 6.37. The summed E-state index contributed by atoms with van der Waals surface area (Å²) in [6, 6.07) is 19.9. The highest BCUT2D eigenvalue weighted by Crippen LogP contribution is 2.21. The molecule has 31 heavy (non-hydrogen) atoms. The van der Waals surface area contributed by atoms with Crippen molar-refractivity contribution in [1.29, 1.82) is 0 Å². The first-order valence-electron chi connectivity index (χ1n) is 10.9. The van der Waals surface area contributed by atoms with Crippen molar-refractivity contribution in [3.8, 4) is 0 Å². The van der Waals surface area contributed by atoms with Crippen LogP contribution >= 0.6 is 0 Å². The molecule has 0 saturated carbocycles. The molecule has 2 N–H and O–H groups in total. The van der Waals surface area contributed by atoms with E-state index in [9.17, 15) is 9.59 Å². The van der Waals surface area contributed by atoms with Gasteiger partial charge in [-0.05, 0) is 23.6 Å². The van der Waals surface area contributed by atoms with Gasteiger partial charge in [0, 0.05) is 37.1 Å². The minimum absolute atomic E-state index is 0.00132. The summed E-state index contributed by atoms with van der Waals surface area (Å²) in [6.07, 6.45) is 0. The van der Waals surface area contributed by atoms with E-state index in [4.69, 9.17) is 0 Å². The first kappa shape index (κ1) is 21.1. The summed E-state index contributed by atoms with van der Waals surface area (Å²) in [7, 11) is 0. The fourth-order valence-electron chi connectivity index (χ4n) is 4.19. The van der Waals surface area contributed by atoms with E-state index in [0.29, 0.717) is 44.3 Å². The third kappa shape index (κ3) is 4.97. The van der Waals surface area contributed by atoms with Crippen molar-refractivity contribution in [1.82, 2.24) is 20.1 Å². The number of para-hydroxylation sites is 1. The van der Waals surface area contributed by atoms with Crippen molar-refractivity contribution >= 4 is 22.7 Å². The molecular formula is C25H30N4O2. The molecule has 2 aromatic carbocycles. The summed E-state index contributed by atoms with van der Waals surface area (Å²) in [6.45, 7) is 7.21. The lowest BCUT2D eigenvalue weighted by atomic mass is 9.96.